The van der Waals surface area contributed by atoms with Crippen molar-refractivity contribution >= 4 is 38.5 Å². The lowest BCUT2D eigenvalue weighted by Crippen LogP contribution is -2.40. The zero-order valence-corrected chi connectivity index (χ0v) is 24.8. The molecule has 0 fully saturated rings. The Hall–Kier alpha value is -4.96. The van der Waals surface area contributed by atoms with E-state index in [4.69, 9.17) is 4.42 Å². The molecule has 4 aromatic carbocycles. The van der Waals surface area contributed by atoms with Crippen LogP contribution in [0.2, 0.25) is 0 Å². The Morgan fingerprint density at radius 1 is 0.837 bits per heavy atom. The maximum absolute atomic E-state index is 13.6. The number of sulfonamides is 1. The van der Waals surface area contributed by atoms with Crippen LogP contribution < -0.4 is 15.4 Å². The van der Waals surface area contributed by atoms with Gasteiger partial charge < -0.3 is 15.1 Å². The Bertz CT molecular complexity index is 1950. The molecule has 0 radical (unpaired) electrons. The van der Waals surface area contributed by atoms with Crippen LogP contribution in [0.15, 0.2) is 95.4 Å². The van der Waals surface area contributed by atoms with Gasteiger partial charge in [-0.05, 0) is 67.4 Å². The standard InChI is InChI=1S/C33H30FN3O5S/c1-33(2,23-11-6-5-7-12-23)36-31(38)22-10-8-9-21(17-22)25-18-26-28(19-27(25)37-43(4,40)41)42-30(29(26)32(39)35-3)20-13-15-24(34)16-14-20/h5-19,37H,1-4H3,(H,35,39)(H,36,38). The van der Waals surface area contributed by atoms with Gasteiger partial charge in [0, 0.05) is 35.2 Å². The van der Waals surface area contributed by atoms with Crippen molar-refractivity contribution in [3.05, 3.63) is 114 Å². The zero-order chi connectivity index (χ0) is 30.9. The number of hydrogen-bond acceptors (Lipinski definition) is 5. The summed E-state index contributed by atoms with van der Waals surface area (Å²) in [6, 6.07) is 25.0. The zero-order valence-electron chi connectivity index (χ0n) is 24.0. The average Bonchev–Trinajstić information content (AvgIpc) is 3.34. The van der Waals surface area contributed by atoms with E-state index in [-0.39, 0.29) is 28.5 Å². The minimum absolute atomic E-state index is 0.194. The van der Waals surface area contributed by atoms with Crippen molar-refractivity contribution in [1.82, 2.24) is 10.6 Å². The summed E-state index contributed by atoms with van der Waals surface area (Å²) in [7, 11) is -2.25. The van der Waals surface area contributed by atoms with E-state index in [0.717, 1.165) is 11.8 Å². The number of halogens is 1. The van der Waals surface area contributed by atoms with Gasteiger partial charge in [0.05, 0.1) is 23.0 Å². The van der Waals surface area contributed by atoms with E-state index in [9.17, 15) is 22.4 Å². The fourth-order valence-corrected chi connectivity index (χ4v) is 5.50. The summed E-state index contributed by atoms with van der Waals surface area (Å²) in [5.41, 5.74) is 2.70. The van der Waals surface area contributed by atoms with Gasteiger partial charge in [0.2, 0.25) is 10.0 Å². The smallest absolute Gasteiger partial charge is 0.255 e. The van der Waals surface area contributed by atoms with E-state index in [2.05, 4.69) is 15.4 Å². The van der Waals surface area contributed by atoms with E-state index in [1.165, 1.54) is 37.4 Å². The van der Waals surface area contributed by atoms with E-state index in [1.807, 2.05) is 44.2 Å². The van der Waals surface area contributed by atoms with E-state index >= 15 is 0 Å². The molecule has 0 saturated heterocycles. The van der Waals surface area contributed by atoms with Gasteiger partial charge in [-0.15, -0.1) is 0 Å². The lowest BCUT2D eigenvalue weighted by atomic mass is 9.93. The number of carbonyl (C=O) groups excluding carboxylic acids is 2. The molecule has 1 aromatic heterocycles. The van der Waals surface area contributed by atoms with Crippen molar-refractivity contribution < 1.29 is 26.8 Å². The van der Waals surface area contributed by atoms with Gasteiger partial charge in [-0.2, -0.15) is 0 Å². The van der Waals surface area contributed by atoms with Gasteiger partial charge in [0.15, 0.2) is 0 Å². The predicted molar refractivity (Wildman–Crippen MR) is 166 cm³/mol. The van der Waals surface area contributed by atoms with Crippen LogP contribution in [0, 0.1) is 5.82 Å². The molecule has 10 heteroatoms. The second-order valence-electron chi connectivity index (χ2n) is 10.7. The van der Waals surface area contributed by atoms with Gasteiger partial charge >= 0.3 is 0 Å². The molecule has 0 aliphatic rings. The Morgan fingerprint density at radius 2 is 1.53 bits per heavy atom. The molecule has 5 rings (SSSR count). The van der Waals surface area contributed by atoms with Crippen molar-refractivity contribution in [3.63, 3.8) is 0 Å². The molecule has 0 bridgehead atoms. The Labute approximate surface area is 249 Å². The third-order valence-corrected chi connectivity index (χ3v) is 7.63. The highest BCUT2D eigenvalue weighted by atomic mass is 32.2. The summed E-state index contributed by atoms with van der Waals surface area (Å²) < 4.78 is 47.0. The first-order valence-corrected chi connectivity index (χ1v) is 15.3. The molecule has 5 aromatic rings. The molecule has 1 heterocycles. The van der Waals surface area contributed by atoms with Crippen LogP contribution in [0.5, 0.6) is 0 Å². The lowest BCUT2D eigenvalue weighted by molar-refractivity contribution is 0.0910. The molecule has 43 heavy (non-hydrogen) atoms. The Morgan fingerprint density at radius 3 is 2.19 bits per heavy atom. The third kappa shape index (κ3) is 6.29. The highest BCUT2D eigenvalue weighted by Crippen LogP contribution is 2.40. The fraction of sp³-hybridized carbons (Fsp3) is 0.152. The summed E-state index contributed by atoms with van der Waals surface area (Å²) in [5.74, 6) is -1.00. The van der Waals surface area contributed by atoms with Gasteiger partial charge in [0.25, 0.3) is 11.8 Å². The second kappa shape index (κ2) is 11.4. The van der Waals surface area contributed by atoms with Crippen LogP contribution in [0.1, 0.15) is 40.1 Å². The number of amides is 2. The number of hydrogen-bond donors (Lipinski definition) is 3. The minimum atomic E-state index is -3.73. The van der Waals surface area contributed by atoms with Crippen LogP contribution in [-0.4, -0.2) is 33.5 Å². The normalized spacial score (nSPS) is 11.7. The molecule has 8 nitrogen and oxygen atoms in total. The highest BCUT2D eigenvalue weighted by Gasteiger charge is 2.26. The van der Waals surface area contributed by atoms with Gasteiger partial charge in [-0.1, -0.05) is 42.5 Å². The minimum Gasteiger partial charge on any atom is -0.455 e. The molecule has 0 atom stereocenters. The highest BCUT2D eigenvalue weighted by molar-refractivity contribution is 7.92. The molecule has 0 spiro atoms. The molecular formula is C33H30FN3O5S. The number of rotatable bonds is 8. The number of anilines is 1. The molecule has 2 amide bonds. The van der Waals surface area contributed by atoms with Crippen LogP contribution in [0.25, 0.3) is 33.4 Å². The van der Waals surface area contributed by atoms with Crippen LogP contribution >= 0.6 is 0 Å². The van der Waals surface area contributed by atoms with Crippen molar-refractivity contribution in [3.8, 4) is 22.5 Å². The molecule has 0 aliphatic carbocycles. The first-order valence-electron chi connectivity index (χ1n) is 13.4. The number of fused-ring (bicyclic) bond motifs is 1. The Kier molecular flexibility index (Phi) is 7.81. The van der Waals surface area contributed by atoms with E-state index < -0.39 is 27.3 Å². The van der Waals surface area contributed by atoms with Crippen LogP contribution in [0.4, 0.5) is 10.1 Å². The summed E-state index contributed by atoms with van der Waals surface area (Å²) in [5, 5.41) is 6.09. The topological polar surface area (TPSA) is 118 Å². The molecule has 0 saturated carbocycles. The molecular weight excluding hydrogens is 569 g/mol. The fourth-order valence-electron chi connectivity index (χ4n) is 4.93. The van der Waals surface area contributed by atoms with Crippen LogP contribution in [0.3, 0.4) is 0 Å². The quantitative estimate of drug-likeness (QED) is 0.193. The van der Waals surface area contributed by atoms with Crippen LogP contribution in [-0.2, 0) is 15.6 Å². The SMILES string of the molecule is CNC(=O)c1c(-c2ccc(F)cc2)oc2cc(NS(C)(=O)=O)c(-c3cccc(C(=O)NC(C)(C)c4ccccc4)c3)cc12. The summed E-state index contributed by atoms with van der Waals surface area (Å²) in [4.78, 5) is 26.5. The van der Waals surface area contributed by atoms with Crippen molar-refractivity contribution in [2.24, 2.45) is 0 Å². The maximum Gasteiger partial charge on any atom is 0.255 e. The summed E-state index contributed by atoms with van der Waals surface area (Å²) in [6.07, 6.45) is 1.03. The summed E-state index contributed by atoms with van der Waals surface area (Å²) in [6.45, 7) is 3.81. The molecule has 0 unspecified atom stereocenters. The second-order valence-corrected chi connectivity index (χ2v) is 12.4. The first-order chi connectivity index (χ1) is 20.4. The lowest BCUT2D eigenvalue weighted by Gasteiger charge is -2.27. The summed E-state index contributed by atoms with van der Waals surface area (Å²) >= 11 is 0. The monoisotopic (exact) mass is 599 g/mol. The van der Waals surface area contributed by atoms with Gasteiger partial charge in [-0.3, -0.25) is 14.3 Å². The van der Waals surface area contributed by atoms with E-state index in [0.29, 0.717) is 27.6 Å². The number of benzene rings is 4. The van der Waals surface area contributed by atoms with Gasteiger partial charge in [-0.25, -0.2) is 12.8 Å². The Balaban J connectivity index is 1.65. The van der Waals surface area contributed by atoms with E-state index in [1.54, 1.807) is 30.3 Å². The number of furan rings is 1. The van der Waals surface area contributed by atoms with Crippen molar-refractivity contribution in [2.75, 3.05) is 18.0 Å². The average molecular weight is 600 g/mol. The third-order valence-electron chi connectivity index (χ3n) is 7.04. The number of nitrogens with one attached hydrogen (secondary N) is 3. The van der Waals surface area contributed by atoms with Gasteiger partial charge in [0.1, 0.15) is 17.2 Å². The molecule has 220 valence electrons. The predicted octanol–water partition coefficient (Wildman–Crippen LogP) is 6.30. The molecule has 3 N–H and O–H groups in total. The first kappa shape index (κ1) is 29.5. The maximum atomic E-state index is 13.6. The number of carbonyl (C=O) groups is 2. The van der Waals surface area contributed by atoms with Crippen molar-refractivity contribution in [1.29, 1.82) is 0 Å². The van der Waals surface area contributed by atoms with Crippen molar-refractivity contribution in [2.45, 2.75) is 19.4 Å². The molecule has 0 aliphatic heterocycles. The largest absolute Gasteiger partial charge is 0.455 e.